The Morgan fingerprint density at radius 3 is 2.94 bits per heavy atom. The third-order valence-electron chi connectivity index (χ3n) is 4.50. The van der Waals surface area contributed by atoms with Gasteiger partial charge in [-0.3, -0.25) is 0 Å². The highest BCUT2D eigenvalue weighted by Gasteiger charge is 2.34. The Bertz CT molecular complexity index is 293. The first kappa shape index (κ1) is 11.7. The van der Waals surface area contributed by atoms with Gasteiger partial charge >= 0.3 is 5.97 Å². The fraction of sp³-hybridized carbons (Fsp3) is 0.786. The van der Waals surface area contributed by atoms with Crippen LogP contribution in [0.1, 0.15) is 51.9 Å². The van der Waals surface area contributed by atoms with Gasteiger partial charge in [-0.1, -0.05) is 25.3 Å². The molecule has 0 aromatic rings. The van der Waals surface area contributed by atoms with E-state index < -0.39 is 5.97 Å². The molecule has 16 heavy (non-hydrogen) atoms. The molecule has 2 aliphatic rings. The van der Waals surface area contributed by atoms with Crippen LogP contribution < -0.4 is 0 Å². The van der Waals surface area contributed by atoms with Gasteiger partial charge in [0, 0.05) is 6.08 Å². The summed E-state index contributed by atoms with van der Waals surface area (Å²) in [6.07, 6.45) is 10.2. The Morgan fingerprint density at radius 1 is 1.44 bits per heavy atom. The average molecular weight is 222 g/mol. The lowest BCUT2D eigenvalue weighted by atomic mass is 9.65. The minimum absolute atomic E-state index is 0.587. The number of carboxylic acids is 1. The largest absolute Gasteiger partial charge is 0.478 e. The van der Waals surface area contributed by atoms with Crippen molar-refractivity contribution in [2.45, 2.75) is 51.9 Å². The summed E-state index contributed by atoms with van der Waals surface area (Å²) in [5.41, 5.74) is 1.22. The maximum absolute atomic E-state index is 10.8. The number of rotatable bonds is 2. The van der Waals surface area contributed by atoms with E-state index in [2.05, 4.69) is 6.92 Å². The lowest BCUT2D eigenvalue weighted by Gasteiger charge is -2.40. The predicted octanol–water partition coefficient (Wildman–Crippen LogP) is 3.62. The molecule has 0 bridgehead atoms. The molecule has 2 fully saturated rings. The molecule has 0 amide bonds. The molecule has 0 saturated heterocycles. The first-order valence-corrected chi connectivity index (χ1v) is 6.64. The van der Waals surface area contributed by atoms with Crippen molar-refractivity contribution in [1.29, 1.82) is 0 Å². The van der Waals surface area contributed by atoms with E-state index >= 15 is 0 Å². The topological polar surface area (TPSA) is 37.3 Å². The molecule has 90 valence electrons. The van der Waals surface area contributed by atoms with Crippen molar-refractivity contribution in [1.82, 2.24) is 0 Å². The van der Waals surface area contributed by atoms with E-state index in [0.717, 1.165) is 18.3 Å². The van der Waals surface area contributed by atoms with Gasteiger partial charge in [-0.25, -0.2) is 4.79 Å². The first-order valence-electron chi connectivity index (χ1n) is 6.64. The van der Waals surface area contributed by atoms with Crippen molar-refractivity contribution in [3.63, 3.8) is 0 Å². The standard InChI is InChI=1S/C14H22O2/c1-2-10-6-7-11-4-3-5-12(9-14(15)16)13(11)8-10/h9-11,13H,2-8H2,1H3,(H,15,16)/b12-9+. The van der Waals surface area contributed by atoms with Crippen LogP contribution in [0.2, 0.25) is 0 Å². The van der Waals surface area contributed by atoms with E-state index in [1.807, 2.05) is 0 Å². The maximum Gasteiger partial charge on any atom is 0.328 e. The minimum Gasteiger partial charge on any atom is -0.478 e. The second-order valence-corrected chi connectivity index (χ2v) is 5.40. The molecule has 2 heteroatoms. The quantitative estimate of drug-likeness (QED) is 0.724. The molecule has 1 N–H and O–H groups in total. The van der Waals surface area contributed by atoms with Gasteiger partial charge in [-0.15, -0.1) is 0 Å². The van der Waals surface area contributed by atoms with E-state index in [1.54, 1.807) is 0 Å². The number of fused-ring (bicyclic) bond motifs is 1. The Morgan fingerprint density at radius 2 is 2.25 bits per heavy atom. The van der Waals surface area contributed by atoms with E-state index in [0.29, 0.717) is 5.92 Å². The van der Waals surface area contributed by atoms with Crippen LogP contribution in [-0.2, 0) is 4.79 Å². The molecule has 0 heterocycles. The van der Waals surface area contributed by atoms with Crippen LogP contribution in [0.4, 0.5) is 0 Å². The van der Waals surface area contributed by atoms with Gasteiger partial charge in [-0.2, -0.15) is 0 Å². The first-order chi connectivity index (χ1) is 7.70. The molecule has 2 nitrogen and oxygen atoms in total. The van der Waals surface area contributed by atoms with E-state index in [4.69, 9.17) is 5.11 Å². The monoisotopic (exact) mass is 222 g/mol. The molecular formula is C14H22O2. The fourth-order valence-corrected chi connectivity index (χ4v) is 3.58. The number of carbonyl (C=O) groups is 1. The number of aliphatic carboxylic acids is 1. The van der Waals surface area contributed by atoms with Crippen LogP contribution in [0.5, 0.6) is 0 Å². The van der Waals surface area contributed by atoms with Gasteiger partial charge in [0.05, 0.1) is 0 Å². The maximum atomic E-state index is 10.8. The molecule has 2 rings (SSSR count). The van der Waals surface area contributed by atoms with Crippen LogP contribution >= 0.6 is 0 Å². The van der Waals surface area contributed by atoms with Crippen LogP contribution in [-0.4, -0.2) is 11.1 Å². The lowest BCUT2D eigenvalue weighted by Crippen LogP contribution is -2.29. The average Bonchev–Trinajstić information content (AvgIpc) is 2.28. The third kappa shape index (κ3) is 2.47. The number of hydrogen-bond donors (Lipinski definition) is 1. The van der Waals surface area contributed by atoms with Crippen molar-refractivity contribution in [2.24, 2.45) is 17.8 Å². The van der Waals surface area contributed by atoms with Gasteiger partial charge in [0.15, 0.2) is 0 Å². The zero-order chi connectivity index (χ0) is 11.5. The molecule has 0 aromatic heterocycles. The Labute approximate surface area is 97.7 Å². The smallest absolute Gasteiger partial charge is 0.328 e. The van der Waals surface area contributed by atoms with Crippen molar-refractivity contribution in [2.75, 3.05) is 0 Å². The van der Waals surface area contributed by atoms with Crippen molar-refractivity contribution >= 4 is 5.97 Å². The van der Waals surface area contributed by atoms with E-state index in [1.165, 1.54) is 50.2 Å². The van der Waals surface area contributed by atoms with E-state index in [-0.39, 0.29) is 0 Å². The molecular weight excluding hydrogens is 200 g/mol. The van der Waals surface area contributed by atoms with Gasteiger partial charge in [0.25, 0.3) is 0 Å². The summed E-state index contributed by atoms with van der Waals surface area (Å²) in [7, 11) is 0. The van der Waals surface area contributed by atoms with Crippen LogP contribution in [0, 0.1) is 17.8 Å². The zero-order valence-corrected chi connectivity index (χ0v) is 10.1. The summed E-state index contributed by atoms with van der Waals surface area (Å²) in [5.74, 6) is 1.44. The van der Waals surface area contributed by atoms with Crippen LogP contribution in [0.15, 0.2) is 11.6 Å². The summed E-state index contributed by atoms with van der Waals surface area (Å²) in [4.78, 5) is 10.8. The molecule has 0 aliphatic heterocycles. The number of allylic oxidation sites excluding steroid dienone is 1. The van der Waals surface area contributed by atoms with Gasteiger partial charge in [0.1, 0.15) is 0 Å². The summed E-state index contributed by atoms with van der Waals surface area (Å²) >= 11 is 0. The summed E-state index contributed by atoms with van der Waals surface area (Å²) in [6, 6.07) is 0. The van der Waals surface area contributed by atoms with Crippen LogP contribution in [0.25, 0.3) is 0 Å². The second-order valence-electron chi connectivity index (χ2n) is 5.40. The zero-order valence-electron chi connectivity index (χ0n) is 10.1. The highest BCUT2D eigenvalue weighted by molar-refractivity contribution is 5.80. The van der Waals surface area contributed by atoms with Crippen molar-refractivity contribution in [3.05, 3.63) is 11.6 Å². The molecule has 2 saturated carbocycles. The molecule has 3 unspecified atom stereocenters. The normalized spacial score (nSPS) is 37.1. The van der Waals surface area contributed by atoms with Crippen LogP contribution in [0.3, 0.4) is 0 Å². The van der Waals surface area contributed by atoms with Gasteiger partial charge in [-0.05, 0) is 49.9 Å². The van der Waals surface area contributed by atoms with E-state index in [9.17, 15) is 4.79 Å². The molecule has 0 radical (unpaired) electrons. The second kappa shape index (κ2) is 5.03. The highest BCUT2D eigenvalue weighted by atomic mass is 16.4. The predicted molar refractivity (Wildman–Crippen MR) is 64.2 cm³/mol. The minimum atomic E-state index is -0.755. The summed E-state index contributed by atoms with van der Waals surface area (Å²) in [5, 5.41) is 8.90. The molecule has 3 atom stereocenters. The Balaban J connectivity index is 2.11. The lowest BCUT2D eigenvalue weighted by molar-refractivity contribution is -0.131. The van der Waals surface area contributed by atoms with Crippen molar-refractivity contribution < 1.29 is 9.90 Å². The van der Waals surface area contributed by atoms with Gasteiger partial charge < -0.3 is 5.11 Å². The number of carboxylic acid groups (broad SMARTS) is 1. The highest BCUT2D eigenvalue weighted by Crippen LogP contribution is 2.46. The Kier molecular flexibility index (Phi) is 3.67. The Hall–Kier alpha value is -0.790. The van der Waals surface area contributed by atoms with Gasteiger partial charge in [0.2, 0.25) is 0 Å². The molecule has 2 aliphatic carbocycles. The number of hydrogen-bond acceptors (Lipinski definition) is 1. The molecule has 0 aromatic carbocycles. The molecule has 0 spiro atoms. The SMILES string of the molecule is CCC1CCC2CCC/C(=C\C(=O)O)C2C1. The third-order valence-corrected chi connectivity index (χ3v) is 4.50. The fourth-order valence-electron chi connectivity index (χ4n) is 3.58. The summed E-state index contributed by atoms with van der Waals surface area (Å²) < 4.78 is 0. The van der Waals surface area contributed by atoms with Crippen molar-refractivity contribution in [3.8, 4) is 0 Å². The summed E-state index contributed by atoms with van der Waals surface area (Å²) in [6.45, 7) is 2.26.